The quantitative estimate of drug-likeness (QED) is 0.752. The molecule has 0 bridgehead atoms. The molecule has 1 rings (SSSR count). The molecule has 104 valence electrons. The van der Waals surface area contributed by atoms with Gasteiger partial charge in [-0.25, -0.2) is 0 Å². The van der Waals surface area contributed by atoms with E-state index in [1.54, 1.807) is 31.2 Å². The number of carbonyl (C=O) groups excluding carboxylic acids is 2. The summed E-state index contributed by atoms with van der Waals surface area (Å²) in [6.07, 6.45) is 0.252. The maximum Gasteiger partial charge on any atom is 0.251 e. The molecule has 0 aliphatic carbocycles. The first-order valence-corrected chi connectivity index (χ1v) is 6.35. The van der Waals surface area contributed by atoms with Crippen LogP contribution in [0.25, 0.3) is 0 Å². The van der Waals surface area contributed by atoms with Gasteiger partial charge in [0.15, 0.2) is 0 Å². The van der Waals surface area contributed by atoms with Gasteiger partial charge in [-0.15, -0.1) is 0 Å². The lowest BCUT2D eigenvalue weighted by Crippen LogP contribution is -2.30. The third-order valence-corrected chi connectivity index (χ3v) is 2.34. The molecule has 0 spiro atoms. The maximum atomic E-state index is 11.8. The summed E-state index contributed by atoms with van der Waals surface area (Å²) in [6.45, 7) is 5.56. The SMILES string of the molecule is CC(N)CC(=O)Nc1cccc(C(=O)NC(C)C)c1. The summed E-state index contributed by atoms with van der Waals surface area (Å²) in [7, 11) is 0. The van der Waals surface area contributed by atoms with Crippen molar-refractivity contribution >= 4 is 17.5 Å². The number of carbonyl (C=O) groups is 2. The predicted octanol–water partition coefficient (Wildman–Crippen LogP) is 1.50. The van der Waals surface area contributed by atoms with Gasteiger partial charge in [-0.05, 0) is 39.0 Å². The highest BCUT2D eigenvalue weighted by Crippen LogP contribution is 2.11. The van der Waals surface area contributed by atoms with Crippen LogP contribution in [0, 0.1) is 0 Å². The lowest BCUT2D eigenvalue weighted by Gasteiger charge is -2.10. The third-order valence-electron chi connectivity index (χ3n) is 2.34. The fourth-order valence-corrected chi connectivity index (χ4v) is 1.59. The molecule has 5 nitrogen and oxygen atoms in total. The Morgan fingerprint density at radius 3 is 2.53 bits per heavy atom. The van der Waals surface area contributed by atoms with E-state index in [4.69, 9.17) is 5.73 Å². The van der Waals surface area contributed by atoms with Gasteiger partial charge in [0.1, 0.15) is 0 Å². The Bertz CT molecular complexity index is 456. The summed E-state index contributed by atoms with van der Waals surface area (Å²) in [5, 5.41) is 5.52. The van der Waals surface area contributed by atoms with Gasteiger partial charge in [0.2, 0.25) is 5.91 Å². The summed E-state index contributed by atoms with van der Waals surface area (Å²) in [5.74, 6) is -0.310. The Labute approximate surface area is 113 Å². The van der Waals surface area contributed by atoms with Crippen molar-refractivity contribution < 1.29 is 9.59 Å². The van der Waals surface area contributed by atoms with Crippen LogP contribution < -0.4 is 16.4 Å². The van der Waals surface area contributed by atoms with Gasteiger partial charge in [-0.3, -0.25) is 9.59 Å². The molecule has 0 saturated carbocycles. The van der Waals surface area contributed by atoms with Crippen LogP contribution in [-0.4, -0.2) is 23.9 Å². The molecule has 0 radical (unpaired) electrons. The molecule has 0 aromatic heterocycles. The predicted molar refractivity (Wildman–Crippen MR) is 75.9 cm³/mol. The fourth-order valence-electron chi connectivity index (χ4n) is 1.59. The number of amides is 2. The molecule has 1 atom stereocenters. The molecule has 2 amide bonds. The van der Waals surface area contributed by atoms with Crippen LogP contribution in [0.1, 0.15) is 37.6 Å². The molecule has 19 heavy (non-hydrogen) atoms. The van der Waals surface area contributed by atoms with Gasteiger partial charge in [0.25, 0.3) is 5.91 Å². The zero-order valence-electron chi connectivity index (χ0n) is 11.6. The largest absolute Gasteiger partial charge is 0.350 e. The molecule has 5 heteroatoms. The monoisotopic (exact) mass is 263 g/mol. The standard InChI is InChI=1S/C14H21N3O2/c1-9(2)16-14(19)11-5-4-6-12(8-11)17-13(18)7-10(3)15/h4-6,8-10H,7,15H2,1-3H3,(H,16,19)(H,17,18). The highest BCUT2D eigenvalue weighted by Gasteiger charge is 2.09. The number of anilines is 1. The molecule has 0 heterocycles. The van der Waals surface area contributed by atoms with E-state index in [-0.39, 0.29) is 30.3 Å². The van der Waals surface area contributed by atoms with Gasteiger partial charge in [-0.2, -0.15) is 0 Å². The van der Waals surface area contributed by atoms with Gasteiger partial charge < -0.3 is 16.4 Å². The van der Waals surface area contributed by atoms with E-state index < -0.39 is 0 Å². The molecule has 0 fully saturated rings. The second kappa shape index (κ2) is 6.89. The molecule has 1 aromatic rings. The minimum atomic E-state index is -0.188. The summed E-state index contributed by atoms with van der Waals surface area (Å²) >= 11 is 0. The van der Waals surface area contributed by atoms with Crippen LogP contribution in [0.15, 0.2) is 24.3 Å². The second-order valence-corrected chi connectivity index (χ2v) is 4.94. The van der Waals surface area contributed by atoms with E-state index in [0.29, 0.717) is 11.3 Å². The maximum absolute atomic E-state index is 11.8. The van der Waals surface area contributed by atoms with E-state index in [1.165, 1.54) is 0 Å². The molecule has 1 unspecified atom stereocenters. The summed E-state index contributed by atoms with van der Waals surface area (Å²) in [5.41, 5.74) is 6.67. The van der Waals surface area contributed by atoms with Crippen molar-refractivity contribution in [1.29, 1.82) is 0 Å². The zero-order valence-corrected chi connectivity index (χ0v) is 11.6. The number of rotatable bonds is 5. The van der Waals surface area contributed by atoms with Crippen molar-refractivity contribution in [1.82, 2.24) is 5.32 Å². The number of hydrogen-bond donors (Lipinski definition) is 3. The lowest BCUT2D eigenvalue weighted by molar-refractivity contribution is -0.116. The van der Waals surface area contributed by atoms with Gasteiger partial charge in [0.05, 0.1) is 0 Å². The Morgan fingerprint density at radius 2 is 1.95 bits per heavy atom. The molecule has 0 saturated heterocycles. The van der Waals surface area contributed by atoms with Crippen LogP contribution in [0.2, 0.25) is 0 Å². The normalized spacial score (nSPS) is 12.1. The van der Waals surface area contributed by atoms with Crippen molar-refractivity contribution in [2.45, 2.75) is 39.3 Å². The van der Waals surface area contributed by atoms with E-state index in [9.17, 15) is 9.59 Å². The Kier molecular flexibility index (Phi) is 5.51. The average Bonchev–Trinajstić information content (AvgIpc) is 2.27. The first-order chi connectivity index (χ1) is 8.88. The van der Waals surface area contributed by atoms with E-state index in [1.807, 2.05) is 13.8 Å². The van der Waals surface area contributed by atoms with Crippen LogP contribution in [0.5, 0.6) is 0 Å². The van der Waals surface area contributed by atoms with Gasteiger partial charge in [0, 0.05) is 29.8 Å². The topological polar surface area (TPSA) is 84.2 Å². The summed E-state index contributed by atoms with van der Waals surface area (Å²) < 4.78 is 0. The number of hydrogen-bond acceptors (Lipinski definition) is 3. The third kappa shape index (κ3) is 5.52. The van der Waals surface area contributed by atoms with Crippen LogP contribution in [0.4, 0.5) is 5.69 Å². The van der Waals surface area contributed by atoms with E-state index in [2.05, 4.69) is 10.6 Å². The van der Waals surface area contributed by atoms with Crippen LogP contribution in [-0.2, 0) is 4.79 Å². The first kappa shape index (κ1) is 15.2. The van der Waals surface area contributed by atoms with Crippen LogP contribution >= 0.6 is 0 Å². The highest BCUT2D eigenvalue weighted by molar-refractivity contribution is 5.97. The minimum Gasteiger partial charge on any atom is -0.350 e. The van der Waals surface area contributed by atoms with Crippen LogP contribution in [0.3, 0.4) is 0 Å². The zero-order chi connectivity index (χ0) is 14.4. The minimum absolute atomic E-state index is 0.0730. The van der Waals surface area contributed by atoms with E-state index in [0.717, 1.165) is 0 Å². The van der Waals surface area contributed by atoms with Crippen molar-refractivity contribution in [2.75, 3.05) is 5.32 Å². The fraction of sp³-hybridized carbons (Fsp3) is 0.429. The molecule has 0 aliphatic rings. The van der Waals surface area contributed by atoms with E-state index >= 15 is 0 Å². The second-order valence-electron chi connectivity index (χ2n) is 4.94. The Morgan fingerprint density at radius 1 is 1.26 bits per heavy atom. The molecular formula is C14H21N3O2. The Hall–Kier alpha value is -1.88. The van der Waals surface area contributed by atoms with Crippen molar-refractivity contribution in [2.24, 2.45) is 5.73 Å². The molecular weight excluding hydrogens is 242 g/mol. The molecule has 4 N–H and O–H groups in total. The van der Waals surface area contributed by atoms with Gasteiger partial charge >= 0.3 is 0 Å². The van der Waals surface area contributed by atoms with Crippen molar-refractivity contribution in [3.05, 3.63) is 29.8 Å². The first-order valence-electron chi connectivity index (χ1n) is 6.35. The smallest absolute Gasteiger partial charge is 0.251 e. The molecule has 0 aliphatic heterocycles. The van der Waals surface area contributed by atoms with Gasteiger partial charge in [-0.1, -0.05) is 6.07 Å². The van der Waals surface area contributed by atoms with Crippen molar-refractivity contribution in [3.8, 4) is 0 Å². The number of nitrogens with one attached hydrogen (secondary N) is 2. The number of nitrogens with two attached hydrogens (primary N) is 1. The average molecular weight is 263 g/mol. The lowest BCUT2D eigenvalue weighted by atomic mass is 10.1. The molecule has 1 aromatic carbocycles. The highest BCUT2D eigenvalue weighted by atomic mass is 16.2. The van der Waals surface area contributed by atoms with Crippen molar-refractivity contribution in [3.63, 3.8) is 0 Å². The summed E-state index contributed by atoms with van der Waals surface area (Å²) in [6, 6.07) is 6.72. The summed E-state index contributed by atoms with van der Waals surface area (Å²) in [4.78, 5) is 23.4. The Balaban J connectivity index is 2.72. The number of benzene rings is 1.